The smallest absolute Gasteiger partial charge is 0.223 e. The Hall–Kier alpha value is -2.30. The average Bonchev–Trinajstić information content (AvgIpc) is 3.15. The molecule has 5 nitrogen and oxygen atoms in total. The van der Waals surface area contributed by atoms with Crippen molar-refractivity contribution < 1.29 is 4.79 Å². The van der Waals surface area contributed by atoms with Crippen molar-refractivity contribution in [1.82, 2.24) is 4.90 Å². The molecule has 168 valence electrons. The van der Waals surface area contributed by atoms with Gasteiger partial charge in [-0.2, -0.15) is 0 Å². The van der Waals surface area contributed by atoms with Crippen molar-refractivity contribution in [3.05, 3.63) is 35.5 Å². The Morgan fingerprint density at radius 2 is 2.00 bits per heavy atom. The molecule has 2 heterocycles. The maximum absolute atomic E-state index is 13.0. The predicted molar refractivity (Wildman–Crippen MR) is 128 cm³/mol. The van der Waals surface area contributed by atoms with Crippen molar-refractivity contribution in [3.8, 4) is 0 Å². The first-order valence-corrected chi connectivity index (χ1v) is 12.2. The standard InChI is InChI=1S/C26H38N4O/c1-19-12-21(18-30(19)26(31)13-20-6-3-2-4-7-20)17-29-11-5-8-23-14-22(9-10-25(23)29)24(15-27)16-28/h9-10,14-16,19-21,27H,2-8,11-13,17-18,28H2,1H3/b24-16+,27-15?. The first-order chi connectivity index (χ1) is 15.1. The summed E-state index contributed by atoms with van der Waals surface area (Å²) in [5.41, 5.74) is 10.1. The number of carbonyl (C=O) groups excluding carboxylic acids is 1. The first kappa shape index (κ1) is 21.9. The quantitative estimate of drug-likeness (QED) is 0.658. The molecule has 1 aromatic rings. The van der Waals surface area contributed by atoms with E-state index in [1.54, 1.807) is 0 Å². The van der Waals surface area contributed by atoms with E-state index < -0.39 is 0 Å². The van der Waals surface area contributed by atoms with Crippen LogP contribution in [0.15, 0.2) is 24.4 Å². The molecule has 31 heavy (non-hydrogen) atoms. The summed E-state index contributed by atoms with van der Waals surface area (Å²) in [6.07, 6.45) is 13.3. The molecule has 3 aliphatic rings. The SMILES string of the molecule is CC1CC(CN2CCCc3cc(/C(C=N)=C/N)ccc32)CN1C(=O)CC1CCCCC1. The van der Waals surface area contributed by atoms with E-state index in [9.17, 15) is 4.79 Å². The van der Waals surface area contributed by atoms with E-state index in [0.29, 0.717) is 23.8 Å². The highest BCUT2D eigenvalue weighted by Gasteiger charge is 2.34. The minimum absolute atomic E-state index is 0.359. The Labute approximate surface area is 187 Å². The monoisotopic (exact) mass is 422 g/mol. The number of anilines is 1. The highest BCUT2D eigenvalue weighted by atomic mass is 16.2. The van der Waals surface area contributed by atoms with Gasteiger partial charge in [0.15, 0.2) is 0 Å². The van der Waals surface area contributed by atoms with Gasteiger partial charge < -0.3 is 20.9 Å². The van der Waals surface area contributed by atoms with Gasteiger partial charge in [-0.15, -0.1) is 0 Å². The van der Waals surface area contributed by atoms with Gasteiger partial charge in [-0.05, 0) is 74.1 Å². The number of aryl methyl sites for hydroxylation is 1. The fourth-order valence-corrected chi connectivity index (χ4v) is 5.96. The molecule has 0 aromatic heterocycles. The molecule has 0 radical (unpaired) electrons. The largest absolute Gasteiger partial charge is 0.404 e. The highest BCUT2D eigenvalue weighted by molar-refractivity contribution is 6.08. The molecular weight excluding hydrogens is 384 g/mol. The summed E-state index contributed by atoms with van der Waals surface area (Å²) < 4.78 is 0. The molecule has 2 fully saturated rings. The second-order valence-electron chi connectivity index (χ2n) is 9.86. The van der Waals surface area contributed by atoms with Crippen molar-refractivity contribution in [2.45, 2.75) is 70.8 Å². The number of carbonyl (C=O) groups is 1. The van der Waals surface area contributed by atoms with Crippen LogP contribution in [-0.2, 0) is 11.2 Å². The zero-order chi connectivity index (χ0) is 21.8. The van der Waals surface area contributed by atoms with Crippen LogP contribution in [0.1, 0.15) is 69.4 Å². The number of hydrogen-bond acceptors (Lipinski definition) is 4. The number of nitrogens with zero attached hydrogens (tertiary/aromatic N) is 2. The van der Waals surface area contributed by atoms with Gasteiger partial charge >= 0.3 is 0 Å². The molecule has 1 aliphatic carbocycles. The van der Waals surface area contributed by atoms with Gasteiger partial charge in [0.2, 0.25) is 5.91 Å². The van der Waals surface area contributed by atoms with Crippen LogP contribution in [0.25, 0.3) is 5.57 Å². The molecule has 0 spiro atoms. The second kappa shape index (κ2) is 9.88. The van der Waals surface area contributed by atoms with Crippen LogP contribution in [0.2, 0.25) is 0 Å². The molecule has 4 rings (SSSR count). The van der Waals surface area contributed by atoms with Gasteiger partial charge in [0.25, 0.3) is 0 Å². The summed E-state index contributed by atoms with van der Waals surface area (Å²) in [6, 6.07) is 6.83. The van der Waals surface area contributed by atoms with E-state index in [-0.39, 0.29) is 0 Å². The van der Waals surface area contributed by atoms with Crippen LogP contribution in [0.5, 0.6) is 0 Å². The molecule has 0 bridgehead atoms. The topological polar surface area (TPSA) is 73.4 Å². The van der Waals surface area contributed by atoms with E-state index in [2.05, 4.69) is 34.9 Å². The lowest BCUT2D eigenvalue weighted by Gasteiger charge is -2.33. The van der Waals surface area contributed by atoms with E-state index in [1.165, 1.54) is 55.8 Å². The summed E-state index contributed by atoms with van der Waals surface area (Å²) in [4.78, 5) is 17.7. The molecule has 1 aromatic carbocycles. The highest BCUT2D eigenvalue weighted by Crippen LogP contribution is 2.34. The molecule has 5 heteroatoms. The van der Waals surface area contributed by atoms with E-state index in [4.69, 9.17) is 11.1 Å². The number of allylic oxidation sites excluding steroid dienone is 1. The minimum Gasteiger partial charge on any atom is -0.404 e. The maximum atomic E-state index is 13.0. The number of nitrogens with one attached hydrogen (secondary N) is 1. The fourth-order valence-electron chi connectivity index (χ4n) is 5.96. The van der Waals surface area contributed by atoms with Crippen LogP contribution in [0.4, 0.5) is 5.69 Å². The second-order valence-corrected chi connectivity index (χ2v) is 9.86. The van der Waals surface area contributed by atoms with E-state index >= 15 is 0 Å². The lowest BCUT2D eigenvalue weighted by atomic mass is 9.86. The molecule has 2 atom stereocenters. The fraction of sp³-hybridized carbons (Fsp3) is 0.615. The van der Waals surface area contributed by atoms with Crippen LogP contribution in [0, 0.1) is 17.2 Å². The summed E-state index contributed by atoms with van der Waals surface area (Å²) >= 11 is 0. The summed E-state index contributed by atoms with van der Waals surface area (Å²) in [5.74, 6) is 1.54. The van der Waals surface area contributed by atoms with Crippen molar-refractivity contribution in [2.75, 3.05) is 24.5 Å². The molecule has 2 aliphatic heterocycles. The third kappa shape index (κ3) is 4.97. The van der Waals surface area contributed by atoms with Crippen LogP contribution in [0.3, 0.4) is 0 Å². The number of rotatable bonds is 6. The lowest BCUT2D eigenvalue weighted by molar-refractivity contribution is -0.133. The molecular formula is C26H38N4O. The van der Waals surface area contributed by atoms with E-state index in [0.717, 1.165) is 56.5 Å². The van der Waals surface area contributed by atoms with Gasteiger partial charge in [0.05, 0.1) is 0 Å². The van der Waals surface area contributed by atoms with Gasteiger partial charge in [-0.25, -0.2) is 0 Å². The number of fused-ring (bicyclic) bond motifs is 1. The predicted octanol–water partition coefficient (Wildman–Crippen LogP) is 4.60. The van der Waals surface area contributed by atoms with Crippen LogP contribution in [-0.4, -0.2) is 42.7 Å². The lowest BCUT2D eigenvalue weighted by Crippen LogP contribution is -2.37. The third-order valence-electron chi connectivity index (χ3n) is 7.61. The minimum atomic E-state index is 0.359. The summed E-state index contributed by atoms with van der Waals surface area (Å²) in [5, 5.41) is 7.56. The van der Waals surface area contributed by atoms with Crippen LogP contribution >= 0.6 is 0 Å². The maximum Gasteiger partial charge on any atom is 0.223 e. The molecule has 1 saturated carbocycles. The Morgan fingerprint density at radius 3 is 2.74 bits per heavy atom. The normalized spacial score (nSPS) is 24.9. The average molecular weight is 423 g/mol. The van der Waals surface area contributed by atoms with Gasteiger partial charge in [-0.3, -0.25) is 4.79 Å². The number of amides is 1. The number of likely N-dealkylation sites (tertiary alicyclic amines) is 1. The molecule has 1 saturated heterocycles. The Kier molecular flexibility index (Phi) is 6.99. The summed E-state index contributed by atoms with van der Waals surface area (Å²) in [6.45, 7) is 5.24. The first-order valence-electron chi connectivity index (χ1n) is 12.2. The molecule has 1 amide bonds. The molecule has 3 N–H and O–H groups in total. The van der Waals surface area contributed by atoms with Gasteiger partial charge in [0.1, 0.15) is 0 Å². The summed E-state index contributed by atoms with van der Waals surface area (Å²) in [7, 11) is 0. The van der Waals surface area contributed by atoms with Crippen molar-refractivity contribution in [3.63, 3.8) is 0 Å². The Balaban J connectivity index is 1.39. The van der Waals surface area contributed by atoms with Gasteiger partial charge in [-0.1, -0.05) is 25.3 Å². The third-order valence-corrected chi connectivity index (χ3v) is 7.61. The molecule has 2 unspecified atom stereocenters. The van der Waals surface area contributed by atoms with Crippen LogP contribution < -0.4 is 10.6 Å². The van der Waals surface area contributed by atoms with Crippen molar-refractivity contribution in [2.24, 2.45) is 17.6 Å². The zero-order valence-electron chi connectivity index (χ0n) is 19.0. The van der Waals surface area contributed by atoms with Crippen molar-refractivity contribution >= 4 is 23.4 Å². The zero-order valence-corrected chi connectivity index (χ0v) is 19.0. The Morgan fingerprint density at radius 1 is 1.19 bits per heavy atom. The number of benzene rings is 1. The Bertz CT molecular complexity index is 827. The van der Waals surface area contributed by atoms with E-state index in [1.807, 2.05) is 0 Å². The number of hydrogen-bond donors (Lipinski definition) is 2. The van der Waals surface area contributed by atoms with Crippen molar-refractivity contribution in [1.29, 1.82) is 5.41 Å². The van der Waals surface area contributed by atoms with Gasteiger partial charge in [0, 0.05) is 55.8 Å². The number of nitrogens with two attached hydrogens (primary N) is 1.